The molecular weight excluding hydrogens is 520 g/mol. The van der Waals surface area contributed by atoms with Gasteiger partial charge in [-0.2, -0.15) is 0 Å². The van der Waals surface area contributed by atoms with Gasteiger partial charge in [0.2, 0.25) is 5.90 Å². The quantitative estimate of drug-likeness (QED) is 0.290. The largest absolute Gasteiger partial charge is 0.475 e. The van der Waals surface area contributed by atoms with Gasteiger partial charge in [0.05, 0.1) is 33.9 Å². The summed E-state index contributed by atoms with van der Waals surface area (Å²) >= 11 is 6.02. The van der Waals surface area contributed by atoms with E-state index in [1.165, 1.54) is 22.9 Å². The fraction of sp³-hybridized carbons (Fsp3) is 0.393. The van der Waals surface area contributed by atoms with Crippen molar-refractivity contribution in [3.63, 3.8) is 0 Å². The highest BCUT2D eigenvalue weighted by Gasteiger charge is 2.26. The number of aryl methyl sites for hydroxylation is 1. The van der Waals surface area contributed by atoms with Crippen LogP contribution in [0.15, 0.2) is 58.5 Å². The monoisotopic (exact) mass is 552 g/mol. The zero-order valence-electron chi connectivity index (χ0n) is 22.1. The number of rotatable bonds is 8. The number of hydrogen-bond acceptors (Lipinski definition) is 7. The molecule has 0 atom stereocenters. The number of allylic oxidation sites excluding steroid dienone is 1. The third kappa shape index (κ3) is 6.63. The average Bonchev–Trinajstić information content (AvgIpc) is 3.22. The van der Waals surface area contributed by atoms with Crippen LogP contribution in [0.3, 0.4) is 0 Å². The number of nitrogens with one attached hydrogen (secondary N) is 2. The van der Waals surface area contributed by atoms with Gasteiger partial charge in [0.1, 0.15) is 12.4 Å². The third-order valence-electron chi connectivity index (χ3n) is 6.94. The lowest BCUT2D eigenvalue weighted by Crippen LogP contribution is -2.39. The van der Waals surface area contributed by atoms with E-state index >= 15 is 0 Å². The van der Waals surface area contributed by atoms with Gasteiger partial charge >= 0.3 is 5.69 Å². The Bertz CT molecular complexity index is 1470. The van der Waals surface area contributed by atoms with Crippen LogP contribution in [0.25, 0.3) is 11.0 Å². The Hall–Kier alpha value is -3.76. The molecule has 3 aromatic rings. The molecule has 10 nitrogen and oxygen atoms in total. The van der Waals surface area contributed by atoms with Crippen molar-refractivity contribution in [2.75, 3.05) is 20.3 Å². The fourth-order valence-electron chi connectivity index (χ4n) is 4.93. The van der Waals surface area contributed by atoms with Gasteiger partial charge in [-0.3, -0.25) is 24.7 Å². The number of aliphatic imine (C=N–C) groups is 1. The van der Waals surface area contributed by atoms with Gasteiger partial charge in [-0.05, 0) is 62.8 Å². The molecule has 1 amide bonds. The van der Waals surface area contributed by atoms with Crippen molar-refractivity contribution in [3.05, 3.63) is 75.4 Å². The summed E-state index contributed by atoms with van der Waals surface area (Å²) in [5.74, 6) is 0.340. The minimum absolute atomic E-state index is 0.0130. The highest BCUT2D eigenvalue weighted by atomic mass is 35.5. The lowest BCUT2D eigenvalue weighted by Gasteiger charge is -2.29. The first-order chi connectivity index (χ1) is 18.8. The van der Waals surface area contributed by atoms with E-state index in [0.717, 1.165) is 31.2 Å². The molecule has 0 saturated heterocycles. The SMILES string of the molecule is CN=C(/C=C\C(=N)n1c(=O)n(CC2CCC(NC(=O)c3cc(Cl)cnc3C)CC2)c2ccccc21)OCCO. The maximum absolute atomic E-state index is 13.5. The number of amides is 1. The molecule has 2 heterocycles. The maximum Gasteiger partial charge on any atom is 0.334 e. The Kier molecular flexibility index (Phi) is 9.32. The van der Waals surface area contributed by atoms with Crippen LogP contribution in [0.1, 0.15) is 41.7 Å². The van der Waals surface area contributed by atoms with Crippen LogP contribution in [0.4, 0.5) is 0 Å². The Labute approximate surface area is 231 Å². The Morgan fingerprint density at radius 1 is 1.26 bits per heavy atom. The van der Waals surface area contributed by atoms with Crippen LogP contribution in [-0.2, 0) is 11.3 Å². The molecule has 1 fully saturated rings. The second kappa shape index (κ2) is 12.9. The number of fused-ring (bicyclic) bond motifs is 1. The van der Waals surface area contributed by atoms with E-state index in [2.05, 4.69) is 15.3 Å². The molecule has 39 heavy (non-hydrogen) atoms. The lowest BCUT2D eigenvalue weighted by molar-refractivity contribution is 0.0919. The summed E-state index contributed by atoms with van der Waals surface area (Å²) in [5.41, 5.74) is 2.25. The van der Waals surface area contributed by atoms with Gasteiger partial charge in [0.25, 0.3) is 5.91 Å². The summed E-state index contributed by atoms with van der Waals surface area (Å²) in [4.78, 5) is 34.4. The number of aromatic nitrogens is 3. The summed E-state index contributed by atoms with van der Waals surface area (Å²) in [6.45, 7) is 2.26. The highest BCUT2D eigenvalue weighted by molar-refractivity contribution is 6.30. The standard InChI is InChI=1S/C28H33ClN6O4/c1-18-22(15-20(29)16-32-18)27(37)33-21-9-7-19(8-10-21)17-34-23-5-3-4-6-24(23)35(28(34)38)25(30)11-12-26(31-2)39-14-13-36/h3-6,11-12,15-16,19,21,30,36H,7-10,13-14,17H2,1-2H3,(H,33,37)/b12-11-,30-25?,31-26?. The number of aliphatic hydroxyl groups is 1. The minimum Gasteiger partial charge on any atom is -0.475 e. The van der Waals surface area contributed by atoms with Crippen molar-refractivity contribution in [1.82, 2.24) is 19.4 Å². The Morgan fingerprint density at radius 2 is 1.97 bits per heavy atom. The predicted molar refractivity (Wildman–Crippen MR) is 152 cm³/mol. The van der Waals surface area contributed by atoms with Gasteiger partial charge in [0, 0.05) is 31.9 Å². The number of pyridine rings is 1. The van der Waals surface area contributed by atoms with Crippen molar-refractivity contribution in [1.29, 1.82) is 5.41 Å². The second-order valence-corrected chi connectivity index (χ2v) is 9.98. The van der Waals surface area contributed by atoms with Crippen LogP contribution < -0.4 is 11.0 Å². The summed E-state index contributed by atoms with van der Waals surface area (Å²) in [6, 6.07) is 9.12. The molecule has 206 valence electrons. The Morgan fingerprint density at radius 3 is 2.67 bits per heavy atom. The molecule has 2 aromatic heterocycles. The van der Waals surface area contributed by atoms with Gasteiger partial charge in [-0.25, -0.2) is 9.36 Å². The number of nitrogens with zero attached hydrogens (tertiary/aromatic N) is 4. The van der Waals surface area contributed by atoms with E-state index in [0.29, 0.717) is 28.3 Å². The molecule has 11 heteroatoms. The van der Waals surface area contributed by atoms with Gasteiger partial charge < -0.3 is 15.2 Å². The Balaban J connectivity index is 1.45. The first kappa shape index (κ1) is 28.3. The number of para-hydroxylation sites is 2. The molecule has 1 aliphatic rings. The molecule has 0 unspecified atom stereocenters. The van der Waals surface area contributed by atoms with Crippen molar-refractivity contribution in [2.45, 2.75) is 45.2 Å². The second-order valence-electron chi connectivity index (χ2n) is 9.55. The average molecular weight is 553 g/mol. The van der Waals surface area contributed by atoms with Crippen LogP contribution in [0, 0.1) is 18.3 Å². The predicted octanol–water partition coefficient (Wildman–Crippen LogP) is 3.57. The van der Waals surface area contributed by atoms with Crippen molar-refractivity contribution < 1.29 is 14.6 Å². The molecule has 1 aromatic carbocycles. The van der Waals surface area contributed by atoms with Gasteiger partial charge in [-0.1, -0.05) is 23.7 Å². The molecular formula is C28H33ClN6O4. The summed E-state index contributed by atoms with van der Waals surface area (Å²) < 4.78 is 8.42. The van der Waals surface area contributed by atoms with Crippen molar-refractivity contribution in [2.24, 2.45) is 10.9 Å². The zero-order chi connectivity index (χ0) is 27.9. The first-order valence-electron chi connectivity index (χ1n) is 12.9. The van der Waals surface area contributed by atoms with Crippen LogP contribution in [0.2, 0.25) is 5.02 Å². The molecule has 0 spiro atoms. The summed E-state index contributed by atoms with van der Waals surface area (Å²) in [5, 5.41) is 21.1. The summed E-state index contributed by atoms with van der Waals surface area (Å²) in [7, 11) is 1.55. The van der Waals surface area contributed by atoms with E-state index in [9.17, 15) is 9.59 Å². The molecule has 0 aliphatic heterocycles. The van der Waals surface area contributed by atoms with Gasteiger partial charge in [0.15, 0.2) is 0 Å². The normalized spacial score (nSPS) is 18.0. The smallest absolute Gasteiger partial charge is 0.334 e. The molecule has 4 rings (SSSR count). The summed E-state index contributed by atoms with van der Waals surface area (Å²) in [6.07, 6.45) is 7.83. The number of hydrogen-bond donors (Lipinski definition) is 3. The van der Waals surface area contributed by atoms with Crippen molar-refractivity contribution >= 4 is 40.3 Å². The molecule has 3 N–H and O–H groups in total. The molecule has 1 aliphatic carbocycles. The molecule has 0 bridgehead atoms. The topological polar surface area (TPSA) is 135 Å². The molecule has 0 radical (unpaired) electrons. The number of benzene rings is 1. The number of carbonyl (C=O) groups excluding carboxylic acids is 1. The highest BCUT2D eigenvalue weighted by Crippen LogP contribution is 2.27. The first-order valence-corrected chi connectivity index (χ1v) is 13.3. The van der Waals surface area contributed by atoms with E-state index < -0.39 is 0 Å². The van der Waals surface area contributed by atoms with Crippen LogP contribution >= 0.6 is 11.6 Å². The number of halogens is 1. The van der Waals surface area contributed by atoms with E-state index in [-0.39, 0.29) is 48.5 Å². The number of aliphatic hydroxyl groups excluding tert-OH is 1. The van der Waals surface area contributed by atoms with Crippen LogP contribution in [0.5, 0.6) is 0 Å². The van der Waals surface area contributed by atoms with Gasteiger partial charge in [-0.15, -0.1) is 0 Å². The maximum atomic E-state index is 13.5. The van der Waals surface area contributed by atoms with E-state index in [1.807, 2.05) is 24.3 Å². The number of imidazole rings is 1. The number of carbonyl (C=O) groups is 1. The number of ether oxygens (including phenoxy) is 1. The van der Waals surface area contributed by atoms with E-state index in [1.54, 1.807) is 24.6 Å². The lowest BCUT2D eigenvalue weighted by atomic mass is 9.85. The van der Waals surface area contributed by atoms with E-state index in [4.69, 9.17) is 26.9 Å². The van der Waals surface area contributed by atoms with Crippen molar-refractivity contribution in [3.8, 4) is 0 Å². The third-order valence-corrected chi connectivity index (χ3v) is 7.15. The fourth-order valence-corrected chi connectivity index (χ4v) is 5.09. The molecule has 1 saturated carbocycles. The van der Waals surface area contributed by atoms with Crippen LogP contribution in [-0.4, -0.2) is 63.2 Å². The minimum atomic E-state index is -0.281. The zero-order valence-corrected chi connectivity index (χ0v) is 22.8.